The van der Waals surface area contributed by atoms with Gasteiger partial charge in [-0.25, -0.2) is 4.98 Å². The van der Waals surface area contributed by atoms with Gasteiger partial charge in [-0.05, 0) is 52.4 Å². The highest BCUT2D eigenvalue weighted by Gasteiger charge is 2.37. The van der Waals surface area contributed by atoms with E-state index in [9.17, 15) is 10.1 Å². The normalized spacial score (nSPS) is 16.4. The Morgan fingerprint density at radius 3 is 2.55 bits per heavy atom. The summed E-state index contributed by atoms with van der Waals surface area (Å²) < 4.78 is 6.76. The highest BCUT2D eigenvalue weighted by Crippen LogP contribution is 2.39. The molecule has 1 atom stereocenters. The number of methoxy groups -OCH3 is 1. The molecule has 0 spiro atoms. The van der Waals surface area contributed by atoms with Gasteiger partial charge in [0.1, 0.15) is 22.9 Å². The second-order valence-corrected chi connectivity index (χ2v) is 9.32. The lowest BCUT2D eigenvalue weighted by Gasteiger charge is -2.26. The van der Waals surface area contributed by atoms with Crippen LogP contribution in [0.5, 0.6) is 0 Å². The minimum absolute atomic E-state index is 0.333. The largest absolute Gasteiger partial charge is 0.468 e. The van der Waals surface area contributed by atoms with E-state index in [1.54, 1.807) is 18.4 Å². The van der Waals surface area contributed by atoms with Crippen molar-refractivity contribution in [2.45, 2.75) is 38.6 Å². The Morgan fingerprint density at radius 2 is 1.97 bits per heavy atom. The summed E-state index contributed by atoms with van der Waals surface area (Å²) in [6.45, 7) is 7.13. The maximum atomic E-state index is 12.5. The lowest BCUT2D eigenvalue weighted by Crippen LogP contribution is -2.33. The van der Waals surface area contributed by atoms with Crippen molar-refractivity contribution >= 4 is 17.4 Å². The van der Waals surface area contributed by atoms with E-state index in [4.69, 9.17) is 14.8 Å². The molecule has 4 rings (SSSR count). The molecule has 172 valence electrons. The first-order valence-corrected chi connectivity index (χ1v) is 11.1. The zero-order valence-corrected chi connectivity index (χ0v) is 20.1. The van der Waals surface area contributed by atoms with Crippen molar-refractivity contribution in [1.82, 2.24) is 19.5 Å². The molecule has 1 fully saturated rings. The third-order valence-electron chi connectivity index (χ3n) is 6.63. The minimum atomic E-state index is -1.05. The molecular formula is C25H30N6O2. The van der Waals surface area contributed by atoms with Gasteiger partial charge in [-0.15, -0.1) is 5.10 Å². The van der Waals surface area contributed by atoms with Crippen molar-refractivity contribution in [3.8, 4) is 17.2 Å². The maximum absolute atomic E-state index is 12.5. The molecule has 1 saturated heterocycles. The summed E-state index contributed by atoms with van der Waals surface area (Å²) in [7, 11) is 5.55. The Morgan fingerprint density at radius 1 is 1.27 bits per heavy atom. The number of esters is 1. The van der Waals surface area contributed by atoms with E-state index in [1.807, 2.05) is 25.1 Å². The molecule has 8 nitrogen and oxygen atoms in total. The van der Waals surface area contributed by atoms with Crippen LogP contribution in [0.15, 0.2) is 30.3 Å². The Balaban J connectivity index is 2.05. The Labute approximate surface area is 194 Å². The van der Waals surface area contributed by atoms with Crippen LogP contribution in [0, 0.1) is 18.3 Å². The monoisotopic (exact) mass is 446 g/mol. The van der Waals surface area contributed by atoms with Crippen LogP contribution in [0.2, 0.25) is 0 Å². The number of anilines is 1. The molecule has 33 heavy (non-hydrogen) atoms. The number of nitrogens with zero attached hydrogens (tertiary/aromatic N) is 6. The molecule has 1 aliphatic rings. The number of nitriles is 1. The first-order chi connectivity index (χ1) is 15.7. The summed E-state index contributed by atoms with van der Waals surface area (Å²) in [4.78, 5) is 21.7. The van der Waals surface area contributed by atoms with Crippen LogP contribution >= 0.6 is 0 Å². The number of carbonyl (C=O) groups is 1. The molecule has 8 heteroatoms. The van der Waals surface area contributed by atoms with Gasteiger partial charge in [0.05, 0.1) is 7.11 Å². The van der Waals surface area contributed by atoms with E-state index in [0.717, 1.165) is 42.0 Å². The number of hydrogen-bond acceptors (Lipinski definition) is 7. The zero-order valence-electron chi connectivity index (χ0n) is 20.1. The molecular weight excluding hydrogens is 416 g/mol. The van der Waals surface area contributed by atoms with Crippen LogP contribution in [-0.4, -0.2) is 65.8 Å². The van der Waals surface area contributed by atoms with Crippen LogP contribution in [0.25, 0.3) is 16.8 Å². The van der Waals surface area contributed by atoms with Crippen LogP contribution in [0.1, 0.15) is 37.2 Å². The molecule has 0 N–H and O–H groups in total. The number of benzene rings is 1. The van der Waals surface area contributed by atoms with Crippen molar-refractivity contribution in [3.63, 3.8) is 0 Å². The molecule has 1 aromatic carbocycles. The lowest BCUT2D eigenvalue weighted by molar-refractivity contribution is -0.146. The van der Waals surface area contributed by atoms with Crippen LogP contribution in [-0.2, 0) is 14.9 Å². The van der Waals surface area contributed by atoms with E-state index in [0.29, 0.717) is 23.1 Å². The third kappa shape index (κ3) is 3.72. The van der Waals surface area contributed by atoms with E-state index in [1.165, 1.54) is 7.11 Å². The van der Waals surface area contributed by atoms with Gasteiger partial charge in [0, 0.05) is 24.7 Å². The fraction of sp³-hybridized carbons (Fsp3) is 0.440. The number of ether oxygens (including phenoxy) is 1. The van der Waals surface area contributed by atoms with Gasteiger partial charge in [-0.1, -0.05) is 30.3 Å². The van der Waals surface area contributed by atoms with Gasteiger partial charge in [0.25, 0.3) is 0 Å². The molecule has 0 saturated carbocycles. The highest BCUT2D eigenvalue weighted by molar-refractivity contribution is 5.86. The number of hydrogen-bond donors (Lipinski definition) is 0. The fourth-order valence-corrected chi connectivity index (χ4v) is 4.53. The van der Waals surface area contributed by atoms with E-state index >= 15 is 0 Å². The average Bonchev–Trinajstić information content (AvgIpc) is 3.46. The molecule has 1 aliphatic heterocycles. The van der Waals surface area contributed by atoms with Crippen molar-refractivity contribution in [2.24, 2.45) is 0 Å². The topological polar surface area (TPSA) is 86.8 Å². The number of carbonyl (C=O) groups excluding carboxylic acids is 1. The number of rotatable bonds is 5. The van der Waals surface area contributed by atoms with Gasteiger partial charge < -0.3 is 14.5 Å². The van der Waals surface area contributed by atoms with Gasteiger partial charge in [-0.3, -0.25) is 4.79 Å². The molecule has 3 aromatic rings. The van der Waals surface area contributed by atoms with Crippen molar-refractivity contribution in [2.75, 3.05) is 39.2 Å². The van der Waals surface area contributed by atoms with Crippen LogP contribution < -0.4 is 4.90 Å². The number of likely N-dealkylation sites (N-methyl/N-ethyl adjacent to an activating group) is 1. The predicted molar refractivity (Wildman–Crippen MR) is 127 cm³/mol. The van der Waals surface area contributed by atoms with E-state index in [2.05, 4.69) is 42.1 Å². The third-order valence-corrected chi connectivity index (χ3v) is 6.63. The molecule has 0 aliphatic carbocycles. The minimum Gasteiger partial charge on any atom is -0.468 e. The SMILES string of the molecule is COC(=O)C(C)(C)c1nc2c(C#N)c(C)c(-c3ccccc3)c(N3CC[C@H](N(C)C)C3)n2n1. The highest BCUT2D eigenvalue weighted by atomic mass is 16.5. The summed E-state index contributed by atoms with van der Waals surface area (Å²) in [6, 6.07) is 12.8. The standard InChI is InChI=1S/C25H30N6O2/c1-16-19(14-26)21-27-23(25(2,3)24(32)33-6)28-31(21)22(20(16)17-10-8-7-9-11-17)30-13-12-18(15-30)29(4)5/h7-11,18H,12-13,15H2,1-6H3/t18-/m0/s1. The zero-order chi connectivity index (χ0) is 23.9. The van der Waals surface area contributed by atoms with Gasteiger partial charge in [0.2, 0.25) is 0 Å². The number of aromatic nitrogens is 3. The quantitative estimate of drug-likeness (QED) is 0.556. The molecule has 2 aromatic heterocycles. The molecule has 3 heterocycles. The number of pyridine rings is 1. The van der Waals surface area contributed by atoms with Gasteiger partial charge in [-0.2, -0.15) is 9.78 Å². The summed E-state index contributed by atoms with van der Waals surface area (Å²) in [5.41, 5.74) is 2.70. The fourth-order valence-electron chi connectivity index (χ4n) is 4.53. The second kappa shape index (κ2) is 8.49. The lowest BCUT2D eigenvalue weighted by atomic mass is 9.93. The van der Waals surface area contributed by atoms with Crippen molar-refractivity contribution < 1.29 is 9.53 Å². The maximum Gasteiger partial charge on any atom is 0.319 e. The van der Waals surface area contributed by atoms with Crippen molar-refractivity contribution in [1.29, 1.82) is 5.26 Å². The Kier molecular flexibility index (Phi) is 5.85. The summed E-state index contributed by atoms with van der Waals surface area (Å²) in [5.74, 6) is 0.809. The summed E-state index contributed by atoms with van der Waals surface area (Å²) >= 11 is 0. The van der Waals surface area contributed by atoms with E-state index < -0.39 is 11.4 Å². The molecule has 0 radical (unpaired) electrons. The average molecular weight is 447 g/mol. The molecule has 0 bridgehead atoms. The van der Waals surface area contributed by atoms with E-state index in [-0.39, 0.29) is 0 Å². The van der Waals surface area contributed by atoms with Crippen LogP contribution in [0.3, 0.4) is 0 Å². The Bertz CT molecular complexity index is 1240. The molecule has 0 amide bonds. The van der Waals surface area contributed by atoms with Crippen molar-refractivity contribution in [3.05, 3.63) is 47.3 Å². The van der Waals surface area contributed by atoms with Gasteiger partial charge in [0.15, 0.2) is 11.5 Å². The first kappa shape index (κ1) is 22.7. The predicted octanol–water partition coefficient (Wildman–Crippen LogP) is 3.17. The van der Waals surface area contributed by atoms with Gasteiger partial charge >= 0.3 is 5.97 Å². The Hall–Kier alpha value is -3.44. The second-order valence-electron chi connectivity index (χ2n) is 9.32. The molecule has 0 unspecified atom stereocenters. The van der Waals surface area contributed by atoms with Crippen LogP contribution in [0.4, 0.5) is 5.82 Å². The summed E-state index contributed by atoms with van der Waals surface area (Å²) in [6.07, 6.45) is 1.02. The first-order valence-electron chi connectivity index (χ1n) is 11.1. The summed E-state index contributed by atoms with van der Waals surface area (Å²) in [5, 5.41) is 14.9. The smallest absolute Gasteiger partial charge is 0.319 e. The number of fused-ring (bicyclic) bond motifs is 1.